The van der Waals surface area contributed by atoms with Crippen LogP contribution in [-0.4, -0.2) is 33.7 Å². The minimum Gasteiger partial charge on any atom is -0.508 e. The summed E-state index contributed by atoms with van der Waals surface area (Å²) >= 11 is 6.04. The van der Waals surface area contributed by atoms with E-state index in [0.717, 1.165) is 21.4 Å². The molecule has 10 nitrogen and oxygen atoms in total. The van der Waals surface area contributed by atoms with Gasteiger partial charge in [-0.05, 0) is 74.1 Å². The maximum Gasteiger partial charge on any atom is 0.271 e. The second kappa shape index (κ2) is 10.3. The van der Waals surface area contributed by atoms with Gasteiger partial charge in [-0.1, -0.05) is 41.4 Å². The van der Waals surface area contributed by atoms with E-state index < -0.39 is 69.4 Å². The third-order valence-corrected chi connectivity index (χ3v) is 10.6. The predicted molar refractivity (Wildman–Crippen MR) is 164 cm³/mol. The van der Waals surface area contributed by atoms with Crippen molar-refractivity contribution in [1.29, 1.82) is 0 Å². The molecule has 234 valence electrons. The lowest BCUT2D eigenvalue weighted by molar-refractivity contribution is -0.384. The number of allylic oxidation sites excluding steroid dienone is 2. The summed E-state index contributed by atoms with van der Waals surface area (Å²) in [7, 11) is 0. The van der Waals surface area contributed by atoms with Crippen molar-refractivity contribution in [3.63, 3.8) is 0 Å². The van der Waals surface area contributed by atoms with E-state index in [4.69, 9.17) is 11.6 Å². The van der Waals surface area contributed by atoms with E-state index in [1.165, 1.54) is 42.5 Å². The van der Waals surface area contributed by atoms with Gasteiger partial charge < -0.3 is 5.11 Å². The van der Waals surface area contributed by atoms with Gasteiger partial charge in [0.05, 0.1) is 44.5 Å². The molecule has 3 aromatic rings. The Morgan fingerprint density at radius 1 is 0.957 bits per heavy atom. The van der Waals surface area contributed by atoms with Crippen molar-refractivity contribution in [3.05, 3.63) is 104 Å². The van der Waals surface area contributed by atoms with Crippen LogP contribution in [0.15, 0.2) is 72.3 Å². The Balaban J connectivity index is 1.36. The molecule has 2 aliphatic heterocycles. The first-order chi connectivity index (χ1) is 21.8. The number of amides is 4. The van der Waals surface area contributed by atoms with Gasteiger partial charge >= 0.3 is 0 Å². The number of fused-ring (bicyclic) bond motifs is 4. The second-order valence-electron chi connectivity index (χ2n) is 12.6. The molecule has 46 heavy (non-hydrogen) atoms. The number of nitro benzene ring substituents is 1. The maximum absolute atomic E-state index is 14.5. The Hall–Kier alpha value is -4.90. The Morgan fingerprint density at radius 2 is 1.70 bits per heavy atom. The molecule has 3 fully saturated rings. The zero-order chi connectivity index (χ0) is 32.8. The summed E-state index contributed by atoms with van der Waals surface area (Å²) in [5, 5.41) is 21.5. The number of aromatic hydroxyl groups is 1. The fourth-order valence-corrected chi connectivity index (χ4v) is 8.30. The van der Waals surface area contributed by atoms with E-state index in [2.05, 4.69) is 0 Å². The quantitative estimate of drug-likeness (QED) is 0.163. The molecule has 2 saturated heterocycles. The van der Waals surface area contributed by atoms with Gasteiger partial charge in [-0.2, -0.15) is 0 Å². The number of non-ortho nitro benzene ring substituents is 1. The number of rotatable bonds is 4. The summed E-state index contributed by atoms with van der Waals surface area (Å²) in [5.74, 6) is -6.53. The zero-order valence-electron chi connectivity index (χ0n) is 24.6. The van der Waals surface area contributed by atoms with Crippen LogP contribution in [0.3, 0.4) is 0 Å². The monoisotopic (exact) mass is 643 g/mol. The number of halogens is 2. The van der Waals surface area contributed by atoms with Crippen LogP contribution in [0, 0.1) is 51.9 Å². The molecule has 6 atom stereocenters. The van der Waals surface area contributed by atoms with E-state index in [-0.39, 0.29) is 40.7 Å². The number of nitrogens with zero attached hydrogens (tertiary/aromatic N) is 3. The third kappa shape index (κ3) is 4.07. The zero-order valence-corrected chi connectivity index (χ0v) is 25.4. The van der Waals surface area contributed by atoms with E-state index >= 15 is 0 Å². The molecule has 4 aliphatic rings. The molecule has 0 spiro atoms. The summed E-state index contributed by atoms with van der Waals surface area (Å²) in [6.07, 6.45) is 2.17. The molecule has 3 aromatic carbocycles. The van der Waals surface area contributed by atoms with Crippen LogP contribution >= 0.6 is 11.6 Å². The van der Waals surface area contributed by atoms with Crippen molar-refractivity contribution in [2.75, 3.05) is 9.80 Å². The molecule has 0 bridgehead atoms. The van der Waals surface area contributed by atoms with Crippen LogP contribution in [0.4, 0.5) is 21.5 Å². The first-order valence-electron chi connectivity index (χ1n) is 14.8. The summed E-state index contributed by atoms with van der Waals surface area (Å²) in [5.41, 5.74) is 0.574. The van der Waals surface area contributed by atoms with Crippen LogP contribution in [0.2, 0.25) is 5.02 Å². The average molecular weight is 644 g/mol. The summed E-state index contributed by atoms with van der Waals surface area (Å²) in [6.45, 7) is 3.44. The van der Waals surface area contributed by atoms with Crippen molar-refractivity contribution >= 4 is 52.3 Å². The summed E-state index contributed by atoms with van der Waals surface area (Å²) in [6, 6.07) is 13.9. The molecule has 0 aromatic heterocycles. The highest BCUT2D eigenvalue weighted by Gasteiger charge is 2.67. The van der Waals surface area contributed by atoms with Crippen molar-refractivity contribution in [3.8, 4) is 5.75 Å². The average Bonchev–Trinajstić information content (AvgIpc) is 3.39. The normalized spacial score (nSPS) is 28.6. The first kappa shape index (κ1) is 29.8. The molecule has 1 N–H and O–H groups in total. The number of hydrogen-bond acceptors (Lipinski definition) is 7. The fraction of sp³-hybridized carbons (Fsp3) is 0.294. The number of hydrogen-bond donors (Lipinski definition) is 1. The molecule has 1 saturated carbocycles. The molecule has 4 amide bonds. The van der Waals surface area contributed by atoms with Gasteiger partial charge in [0.2, 0.25) is 23.6 Å². The first-order valence-corrected chi connectivity index (χ1v) is 15.2. The number of anilines is 2. The number of carbonyl (C=O) groups is 4. The van der Waals surface area contributed by atoms with Gasteiger partial charge in [0.15, 0.2) is 0 Å². The molecule has 2 aliphatic carbocycles. The second-order valence-corrected chi connectivity index (χ2v) is 13.0. The van der Waals surface area contributed by atoms with Gasteiger partial charge in [0, 0.05) is 18.1 Å². The number of nitro groups is 1. The van der Waals surface area contributed by atoms with Crippen molar-refractivity contribution < 1.29 is 33.6 Å². The van der Waals surface area contributed by atoms with Crippen molar-refractivity contribution in [2.45, 2.75) is 32.6 Å². The minimum atomic E-state index is -1.33. The SMILES string of the molecule is Cc1cc([C@H]2C3=CC[C@@H]4C(=O)N(c5cccc([N+](=O)[O-])c5)C(=O)[C@@H]4[C@@H]3C[C@H]3C(=O)N(c4ccc(F)c(Cl)c4)C(=O)[C@@]23C)ccc1O. The van der Waals surface area contributed by atoms with Gasteiger partial charge in [-0.25, -0.2) is 14.2 Å². The molecule has 7 rings (SSSR count). The number of carbonyl (C=O) groups excluding carboxylic acids is 4. The lowest BCUT2D eigenvalue weighted by Crippen LogP contribution is -2.48. The summed E-state index contributed by atoms with van der Waals surface area (Å²) < 4.78 is 14.1. The topological polar surface area (TPSA) is 138 Å². The Morgan fingerprint density at radius 3 is 2.39 bits per heavy atom. The van der Waals surface area contributed by atoms with Crippen LogP contribution < -0.4 is 9.80 Å². The fourth-order valence-electron chi connectivity index (χ4n) is 8.12. The van der Waals surface area contributed by atoms with E-state index in [0.29, 0.717) is 11.1 Å². The highest BCUT2D eigenvalue weighted by atomic mass is 35.5. The lowest BCUT2D eigenvalue weighted by atomic mass is 9.51. The van der Waals surface area contributed by atoms with Crippen LogP contribution in [0.25, 0.3) is 0 Å². The lowest BCUT2D eigenvalue weighted by Gasteiger charge is -2.49. The Bertz CT molecular complexity index is 1950. The van der Waals surface area contributed by atoms with E-state index in [1.807, 2.05) is 6.08 Å². The Labute approximate surface area is 267 Å². The number of phenols is 1. The van der Waals surface area contributed by atoms with Gasteiger partial charge in [0.25, 0.3) is 5.69 Å². The molecular formula is C34H27ClFN3O7. The van der Waals surface area contributed by atoms with Gasteiger partial charge in [-0.15, -0.1) is 0 Å². The van der Waals surface area contributed by atoms with Gasteiger partial charge in [-0.3, -0.25) is 29.3 Å². The van der Waals surface area contributed by atoms with Crippen LogP contribution in [0.1, 0.15) is 36.8 Å². The molecule has 0 unspecified atom stereocenters. The molecular weight excluding hydrogens is 617 g/mol. The maximum atomic E-state index is 14.5. The molecule has 0 radical (unpaired) electrons. The number of benzene rings is 3. The van der Waals surface area contributed by atoms with Crippen molar-refractivity contribution in [2.24, 2.45) is 29.1 Å². The smallest absolute Gasteiger partial charge is 0.271 e. The van der Waals surface area contributed by atoms with Crippen molar-refractivity contribution in [1.82, 2.24) is 0 Å². The predicted octanol–water partition coefficient (Wildman–Crippen LogP) is 5.84. The van der Waals surface area contributed by atoms with Crippen LogP contribution in [-0.2, 0) is 19.2 Å². The molecule has 12 heteroatoms. The Kier molecular flexibility index (Phi) is 6.68. The highest BCUT2D eigenvalue weighted by Crippen LogP contribution is 2.64. The number of aryl methyl sites for hydroxylation is 1. The largest absolute Gasteiger partial charge is 0.508 e. The number of phenolic OH excluding ortho intramolecular Hbond substituents is 1. The van der Waals surface area contributed by atoms with E-state index in [1.54, 1.807) is 26.0 Å². The highest BCUT2D eigenvalue weighted by molar-refractivity contribution is 6.32. The number of imide groups is 2. The summed E-state index contributed by atoms with van der Waals surface area (Å²) in [4.78, 5) is 69.5. The van der Waals surface area contributed by atoms with Gasteiger partial charge in [0.1, 0.15) is 11.6 Å². The van der Waals surface area contributed by atoms with Crippen LogP contribution in [0.5, 0.6) is 5.75 Å². The molecule has 2 heterocycles. The van der Waals surface area contributed by atoms with E-state index in [9.17, 15) is 38.8 Å². The standard InChI is InChI=1S/C34H27ClFN3O7/c1-16-12-17(6-11-27(16)40)29-21-8-9-22-28(32(43)37(30(22)41)18-4-3-5-20(13-18)39(45)46)23(21)15-24-31(42)38(33(44)34(24,29)2)19-7-10-26(36)25(35)14-19/h3-8,10-14,22-24,28-29,40H,9,15H2,1-2H3/t22-,23+,24-,28-,29-,34+/m0/s1. The third-order valence-electron chi connectivity index (χ3n) is 10.3. The minimum absolute atomic E-state index is 0.0519.